The van der Waals surface area contributed by atoms with E-state index in [0.717, 1.165) is 22.3 Å². The van der Waals surface area contributed by atoms with Crippen LogP contribution in [-0.4, -0.2) is 41.7 Å². The first kappa shape index (κ1) is 16.7. The van der Waals surface area contributed by atoms with Gasteiger partial charge >= 0.3 is 5.97 Å². The Morgan fingerprint density at radius 3 is 2.20 bits per heavy atom. The van der Waals surface area contributed by atoms with Crippen LogP contribution in [-0.2, 0) is 9.53 Å². The van der Waals surface area contributed by atoms with Crippen molar-refractivity contribution in [1.29, 1.82) is 0 Å². The Morgan fingerprint density at radius 2 is 1.68 bits per heavy atom. The molecule has 0 saturated carbocycles. The Hall–Kier alpha value is -3.15. The number of benzene rings is 2. The molecule has 6 heteroatoms. The molecule has 0 aliphatic rings. The molecule has 0 radical (unpaired) electrons. The van der Waals surface area contributed by atoms with Gasteiger partial charge in [0.15, 0.2) is 5.70 Å². The van der Waals surface area contributed by atoms with Crippen molar-refractivity contribution in [3.63, 3.8) is 0 Å². The van der Waals surface area contributed by atoms with Gasteiger partial charge in [-0.1, -0.05) is 24.3 Å². The highest BCUT2D eigenvalue weighted by atomic mass is 16.5. The van der Waals surface area contributed by atoms with Crippen LogP contribution in [0.2, 0.25) is 0 Å². The lowest BCUT2D eigenvalue weighted by Crippen LogP contribution is -2.14. The van der Waals surface area contributed by atoms with Crippen LogP contribution in [0.3, 0.4) is 0 Å². The second-order valence-electron chi connectivity index (χ2n) is 5.71. The lowest BCUT2D eigenvalue weighted by atomic mass is 10.1. The number of hydrogen-bond donors (Lipinski definition) is 0. The quantitative estimate of drug-likeness (QED) is 0.529. The molecule has 0 saturated heterocycles. The van der Waals surface area contributed by atoms with Crippen LogP contribution in [0.5, 0.6) is 0 Å². The molecule has 0 spiro atoms. The summed E-state index contributed by atoms with van der Waals surface area (Å²) in [5, 5.41) is 8.77. The molecule has 0 amide bonds. The number of aromatic nitrogens is 3. The summed E-state index contributed by atoms with van der Waals surface area (Å²) in [4.78, 5) is 15.8. The van der Waals surface area contributed by atoms with Crippen molar-refractivity contribution in [3.05, 3.63) is 54.1 Å². The monoisotopic (exact) mass is 336 g/mol. The predicted octanol–water partition coefficient (Wildman–Crippen LogP) is 3.06. The van der Waals surface area contributed by atoms with Crippen molar-refractivity contribution in [2.45, 2.75) is 6.92 Å². The van der Waals surface area contributed by atoms with Crippen molar-refractivity contribution < 1.29 is 9.53 Å². The van der Waals surface area contributed by atoms with Gasteiger partial charge in [0.1, 0.15) is 11.0 Å². The molecule has 3 aromatic rings. The van der Waals surface area contributed by atoms with Crippen LogP contribution in [0.4, 0.5) is 5.69 Å². The Morgan fingerprint density at radius 1 is 1.08 bits per heavy atom. The Labute approximate surface area is 146 Å². The molecular weight excluding hydrogens is 316 g/mol. The fraction of sp³-hybridized carbons (Fsp3) is 0.211. The van der Waals surface area contributed by atoms with E-state index in [4.69, 9.17) is 4.74 Å². The van der Waals surface area contributed by atoms with E-state index >= 15 is 0 Å². The fourth-order valence-electron chi connectivity index (χ4n) is 2.40. The standard InChI is InChI=1S/C19H20N4O2/c1-4-25-19(24)18(13-14-9-11-15(12-10-14)22(2)3)23-20-16-7-5-6-8-17(16)21-23/h5-13H,4H2,1-3H3/b18-13-. The van der Waals surface area contributed by atoms with Gasteiger partial charge in [-0.25, -0.2) is 4.79 Å². The van der Waals surface area contributed by atoms with Crippen LogP contribution >= 0.6 is 0 Å². The molecule has 1 heterocycles. The summed E-state index contributed by atoms with van der Waals surface area (Å²) in [5.74, 6) is -0.459. The molecule has 128 valence electrons. The van der Waals surface area contributed by atoms with E-state index in [2.05, 4.69) is 10.2 Å². The first-order chi connectivity index (χ1) is 12.1. The maximum atomic E-state index is 12.4. The van der Waals surface area contributed by atoms with Gasteiger partial charge in [0.05, 0.1) is 6.61 Å². The van der Waals surface area contributed by atoms with Crippen LogP contribution in [0.15, 0.2) is 48.5 Å². The smallest absolute Gasteiger partial charge is 0.358 e. The zero-order valence-electron chi connectivity index (χ0n) is 14.5. The third-order valence-electron chi connectivity index (χ3n) is 3.70. The molecule has 25 heavy (non-hydrogen) atoms. The van der Waals surface area contributed by atoms with Crippen molar-refractivity contribution in [1.82, 2.24) is 15.0 Å². The number of ether oxygens (including phenoxy) is 1. The fourth-order valence-corrected chi connectivity index (χ4v) is 2.40. The average Bonchev–Trinajstić information content (AvgIpc) is 3.04. The number of carbonyl (C=O) groups excluding carboxylic acids is 1. The number of esters is 1. The minimum absolute atomic E-state index is 0.274. The van der Waals surface area contributed by atoms with Crippen LogP contribution in [0.1, 0.15) is 12.5 Å². The van der Waals surface area contributed by atoms with Gasteiger partial charge in [0, 0.05) is 19.8 Å². The lowest BCUT2D eigenvalue weighted by Gasteiger charge is -2.12. The molecule has 1 aromatic heterocycles. The molecule has 6 nitrogen and oxygen atoms in total. The Kier molecular flexibility index (Phi) is 4.79. The zero-order chi connectivity index (χ0) is 17.8. The van der Waals surface area contributed by atoms with Gasteiger partial charge in [-0.2, -0.15) is 0 Å². The Bertz CT molecular complexity index is 878. The maximum Gasteiger partial charge on any atom is 0.358 e. The highest BCUT2D eigenvalue weighted by Crippen LogP contribution is 2.18. The summed E-state index contributed by atoms with van der Waals surface area (Å²) in [5.41, 5.74) is 3.67. The number of hydrogen-bond acceptors (Lipinski definition) is 5. The maximum absolute atomic E-state index is 12.4. The average molecular weight is 336 g/mol. The Balaban J connectivity index is 2.03. The summed E-state index contributed by atoms with van der Waals surface area (Å²) in [6.07, 6.45) is 1.73. The number of anilines is 1. The van der Waals surface area contributed by atoms with Crippen molar-refractivity contribution in [3.8, 4) is 0 Å². The molecule has 2 aromatic carbocycles. The summed E-state index contributed by atoms with van der Waals surface area (Å²) < 4.78 is 5.17. The van der Waals surface area contributed by atoms with E-state index in [-0.39, 0.29) is 12.3 Å². The minimum atomic E-state index is -0.459. The van der Waals surface area contributed by atoms with Crippen LogP contribution in [0.25, 0.3) is 22.8 Å². The van der Waals surface area contributed by atoms with Crippen molar-refractivity contribution >= 4 is 34.5 Å². The van der Waals surface area contributed by atoms with Gasteiger partial charge < -0.3 is 9.64 Å². The third kappa shape index (κ3) is 3.68. The SMILES string of the molecule is CCOC(=O)/C(=C/c1ccc(N(C)C)cc1)n1nc2ccccc2n1. The molecule has 0 aliphatic heterocycles. The number of rotatable bonds is 5. The van der Waals surface area contributed by atoms with E-state index in [1.807, 2.05) is 67.5 Å². The summed E-state index contributed by atoms with van der Waals surface area (Å²) in [6, 6.07) is 15.3. The molecule has 0 N–H and O–H groups in total. The van der Waals surface area contributed by atoms with E-state index < -0.39 is 5.97 Å². The first-order valence-corrected chi connectivity index (χ1v) is 8.07. The van der Waals surface area contributed by atoms with Crippen LogP contribution in [0, 0.1) is 0 Å². The summed E-state index contributed by atoms with van der Waals surface area (Å²) in [7, 11) is 3.96. The highest BCUT2D eigenvalue weighted by molar-refractivity contribution is 6.15. The highest BCUT2D eigenvalue weighted by Gasteiger charge is 2.16. The molecular formula is C19H20N4O2. The number of carbonyl (C=O) groups is 1. The molecule has 0 unspecified atom stereocenters. The van der Waals surface area contributed by atoms with Gasteiger partial charge in [-0.05, 0) is 42.8 Å². The second-order valence-corrected chi connectivity index (χ2v) is 5.71. The largest absolute Gasteiger partial charge is 0.461 e. The first-order valence-electron chi connectivity index (χ1n) is 8.07. The molecule has 0 fully saturated rings. The summed E-state index contributed by atoms with van der Waals surface area (Å²) in [6.45, 7) is 2.06. The van der Waals surface area contributed by atoms with Gasteiger partial charge in [-0.3, -0.25) is 0 Å². The lowest BCUT2D eigenvalue weighted by molar-refractivity contribution is -0.136. The molecule has 0 atom stereocenters. The number of nitrogens with zero attached hydrogens (tertiary/aromatic N) is 4. The predicted molar refractivity (Wildman–Crippen MR) is 99.1 cm³/mol. The van der Waals surface area contributed by atoms with Gasteiger partial charge in [0.25, 0.3) is 0 Å². The molecule has 0 aliphatic carbocycles. The molecule has 0 bridgehead atoms. The van der Waals surface area contributed by atoms with Gasteiger partial charge in [-0.15, -0.1) is 15.0 Å². The zero-order valence-corrected chi connectivity index (χ0v) is 14.5. The van der Waals surface area contributed by atoms with Crippen molar-refractivity contribution in [2.24, 2.45) is 0 Å². The normalized spacial score (nSPS) is 11.6. The summed E-state index contributed by atoms with van der Waals surface area (Å²) >= 11 is 0. The number of fused-ring (bicyclic) bond motifs is 1. The van der Waals surface area contributed by atoms with Crippen molar-refractivity contribution in [2.75, 3.05) is 25.6 Å². The molecule has 3 rings (SSSR count). The van der Waals surface area contributed by atoms with E-state index in [0.29, 0.717) is 0 Å². The van der Waals surface area contributed by atoms with Gasteiger partial charge in [0.2, 0.25) is 0 Å². The third-order valence-corrected chi connectivity index (χ3v) is 3.70. The second kappa shape index (κ2) is 7.17. The van der Waals surface area contributed by atoms with E-state index in [9.17, 15) is 4.79 Å². The topological polar surface area (TPSA) is 60.2 Å². The van der Waals surface area contributed by atoms with E-state index in [1.54, 1.807) is 13.0 Å². The van der Waals surface area contributed by atoms with E-state index in [1.165, 1.54) is 4.80 Å². The van der Waals surface area contributed by atoms with Crippen LogP contribution < -0.4 is 4.90 Å². The minimum Gasteiger partial charge on any atom is -0.461 e.